The number of aryl methyl sites for hydroxylation is 1. The monoisotopic (exact) mass is 527 g/mol. The molecule has 35 heavy (non-hydrogen) atoms. The van der Waals surface area contributed by atoms with Gasteiger partial charge in [0.1, 0.15) is 12.4 Å². The average molecular weight is 528 g/mol. The molecule has 0 atom stereocenters. The lowest BCUT2D eigenvalue weighted by atomic mass is 10.1. The van der Waals surface area contributed by atoms with Crippen LogP contribution in [0.4, 0.5) is 0 Å². The Balaban J connectivity index is 1.40. The molecule has 0 N–H and O–H groups in total. The highest BCUT2D eigenvalue weighted by atomic mass is 79.9. The summed E-state index contributed by atoms with van der Waals surface area (Å²) in [5, 5.41) is 7.23. The summed E-state index contributed by atoms with van der Waals surface area (Å²) < 4.78 is 13.8. The van der Waals surface area contributed by atoms with E-state index in [9.17, 15) is 4.79 Å². The molecule has 7 heteroatoms. The van der Waals surface area contributed by atoms with E-state index in [4.69, 9.17) is 9.47 Å². The van der Waals surface area contributed by atoms with E-state index in [0.29, 0.717) is 34.8 Å². The summed E-state index contributed by atoms with van der Waals surface area (Å²) in [6.45, 7) is 2.17. The largest absolute Gasteiger partial charge is 0.493 e. The van der Waals surface area contributed by atoms with E-state index < -0.39 is 0 Å². The molecule has 0 aliphatic heterocycles. The maximum absolute atomic E-state index is 13.0. The zero-order chi connectivity index (χ0) is 24.4. The molecule has 0 amide bonds. The molecule has 0 aliphatic rings. The molecule has 1 heterocycles. The van der Waals surface area contributed by atoms with Gasteiger partial charge in [-0.05, 0) is 65.2 Å². The summed E-state index contributed by atoms with van der Waals surface area (Å²) >= 11 is 3.41. The SMILES string of the molecule is COc1cc(C=Nn2c(C)nc3ccc(Br)cc3c2=O)ccc1OCc1cccc2ccccc12. The first-order valence-electron chi connectivity index (χ1n) is 11.0. The predicted molar refractivity (Wildman–Crippen MR) is 143 cm³/mol. The lowest BCUT2D eigenvalue weighted by Gasteiger charge is -2.13. The van der Waals surface area contributed by atoms with Crippen molar-refractivity contribution in [3.63, 3.8) is 0 Å². The van der Waals surface area contributed by atoms with Gasteiger partial charge in [-0.3, -0.25) is 4.79 Å². The highest BCUT2D eigenvalue weighted by Gasteiger charge is 2.10. The van der Waals surface area contributed by atoms with Gasteiger partial charge in [0.2, 0.25) is 0 Å². The van der Waals surface area contributed by atoms with E-state index in [1.807, 2.05) is 48.5 Å². The number of hydrogen-bond donors (Lipinski definition) is 0. The highest BCUT2D eigenvalue weighted by Crippen LogP contribution is 2.29. The van der Waals surface area contributed by atoms with Crippen molar-refractivity contribution in [1.82, 2.24) is 9.66 Å². The van der Waals surface area contributed by atoms with Crippen LogP contribution in [0, 0.1) is 6.92 Å². The molecule has 0 radical (unpaired) electrons. The summed E-state index contributed by atoms with van der Waals surface area (Å²) in [6, 6.07) is 25.4. The number of rotatable bonds is 6. The molecule has 5 rings (SSSR count). The maximum atomic E-state index is 13.0. The summed E-state index contributed by atoms with van der Waals surface area (Å²) in [7, 11) is 1.60. The lowest BCUT2D eigenvalue weighted by Crippen LogP contribution is -2.20. The van der Waals surface area contributed by atoms with Crippen molar-refractivity contribution in [2.45, 2.75) is 13.5 Å². The fourth-order valence-electron chi connectivity index (χ4n) is 3.98. The second-order valence-corrected chi connectivity index (χ2v) is 8.93. The van der Waals surface area contributed by atoms with Gasteiger partial charge in [0.15, 0.2) is 11.5 Å². The first-order valence-corrected chi connectivity index (χ1v) is 11.8. The van der Waals surface area contributed by atoms with Crippen molar-refractivity contribution in [2.75, 3.05) is 7.11 Å². The summed E-state index contributed by atoms with van der Waals surface area (Å²) in [4.78, 5) is 17.5. The van der Waals surface area contributed by atoms with Gasteiger partial charge < -0.3 is 9.47 Å². The molecule has 174 valence electrons. The number of ether oxygens (including phenoxy) is 2. The zero-order valence-corrected chi connectivity index (χ0v) is 20.8. The van der Waals surface area contributed by atoms with Crippen molar-refractivity contribution in [3.8, 4) is 11.5 Å². The Morgan fingerprint density at radius 1 is 0.971 bits per heavy atom. The molecule has 0 spiro atoms. The van der Waals surface area contributed by atoms with E-state index in [1.54, 1.807) is 26.3 Å². The highest BCUT2D eigenvalue weighted by molar-refractivity contribution is 9.10. The van der Waals surface area contributed by atoms with Gasteiger partial charge in [-0.2, -0.15) is 9.78 Å². The van der Waals surface area contributed by atoms with Crippen LogP contribution in [0.1, 0.15) is 17.0 Å². The third-order valence-electron chi connectivity index (χ3n) is 5.74. The minimum atomic E-state index is -0.230. The van der Waals surface area contributed by atoms with Gasteiger partial charge in [-0.15, -0.1) is 0 Å². The van der Waals surface area contributed by atoms with E-state index in [2.05, 4.69) is 50.3 Å². The van der Waals surface area contributed by atoms with Crippen molar-refractivity contribution < 1.29 is 9.47 Å². The van der Waals surface area contributed by atoms with Gasteiger partial charge in [-0.1, -0.05) is 58.4 Å². The van der Waals surface area contributed by atoms with Crippen LogP contribution in [0.25, 0.3) is 21.7 Å². The Hall–Kier alpha value is -3.97. The van der Waals surface area contributed by atoms with Crippen molar-refractivity contribution >= 4 is 43.8 Å². The molecule has 0 saturated carbocycles. The van der Waals surface area contributed by atoms with E-state index in [-0.39, 0.29) is 5.56 Å². The van der Waals surface area contributed by atoms with E-state index in [0.717, 1.165) is 21.0 Å². The molecule has 0 aliphatic carbocycles. The number of fused-ring (bicyclic) bond motifs is 2. The maximum Gasteiger partial charge on any atom is 0.282 e. The second-order valence-electron chi connectivity index (χ2n) is 8.02. The Morgan fingerprint density at radius 3 is 2.66 bits per heavy atom. The third-order valence-corrected chi connectivity index (χ3v) is 6.24. The zero-order valence-electron chi connectivity index (χ0n) is 19.2. The number of aromatic nitrogens is 2. The first-order chi connectivity index (χ1) is 17.0. The molecule has 0 fully saturated rings. The third kappa shape index (κ3) is 4.68. The fraction of sp³-hybridized carbons (Fsp3) is 0.107. The Bertz CT molecular complexity index is 1640. The van der Waals surface area contributed by atoms with Gasteiger partial charge >= 0.3 is 0 Å². The van der Waals surface area contributed by atoms with Crippen LogP contribution in [0.2, 0.25) is 0 Å². The number of methoxy groups -OCH3 is 1. The predicted octanol–water partition coefficient (Wildman–Crippen LogP) is 6.09. The lowest BCUT2D eigenvalue weighted by molar-refractivity contribution is 0.285. The van der Waals surface area contributed by atoms with Gasteiger partial charge in [-0.25, -0.2) is 4.98 Å². The number of benzene rings is 4. The van der Waals surface area contributed by atoms with Crippen LogP contribution in [0.3, 0.4) is 0 Å². The molecule has 6 nitrogen and oxygen atoms in total. The van der Waals surface area contributed by atoms with Crippen LogP contribution >= 0.6 is 15.9 Å². The quantitative estimate of drug-likeness (QED) is 0.250. The molecule has 5 aromatic rings. The summed E-state index contributed by atoms with van der Waals surface area (Å²) in [5.74, 6) is 1.71. The fourth-order valence-corrected chi connectivity index (χ4v) is 4.34. The van der Waals surface area contributed by atoms with Crippen LogP contribution in [-0.4, -0.2) is 23.0 Å². The van der Waals surface area contributed by atoms with Crippen LogP contribution < -0.4 is 15.0 Å². The average Bonchev–Trinajstić information content (AvgIpc) is 2.88. The van der Waals surface area contributed by atoms with Gasteiger partial charge in [0, 0.05) is 4.47 Å². The summed E-state index contributed by atoms with van der Waals surface area (Å²) in [6.07, 6.45) is 1.61. The number of hydrogen-bond acceptors (Lipinski definition) is 5. The molecular formula is C28H22BrN3O3. The minimum Gasteiger partial charge on any atom is -0.493 e. The van der Waals surface area contributed by atoms with E-state index in [1.165, 1.54) is 10.1 Å². The Morgan fingerprint density at radius 2 is 1.80 bits per heavy atom. The van der Waals surface area contributed by atoms with Crippen LogP contribution in [0.5, 0.6) is 11.5 Å². The van der Waals surface area contributed by atoms with E-state index >= 15 is 0 Å². The smallest absolute Gasteiger partial charge is 0.282 e. The molecule has 0 unspecified atom stereocenters. The molecule has 4 aromatic carbocycles. The molecule has 1 aromatic heterocycles. The van der Waals surface area contributed by atoms with Crippen molar-refractivity contribution in [1.29, 1.82) is 0 Å². The van der Waals surface area contributed by atoms with Crippen LogP contribution in [-0.2, 0) is 6.61 Å². The van der Waals surface area contributed by atoms with Gasteiger partial charge in [0.25, 0.3) is 5.56 Å². The second kappa shape index (κ2) is 9.72. The molecule has 0 bridgehead atoms. The molecular weight excluding hydrogens is 506 g/mol. The Labute approximate surface area is 210 Å². The molecule has 0 saturated heterocycles. The first kappa shape index (κ1) is 22.8. The Kier molecular flexibility index (Phi) is 6.33. The normalized spacial score (nSPS) is 11.4. The summed E-state index contributed by atoms with van der Waals surface area (Å²) in [5.41, 5.74) is 2.27. The van der Waals surface area contributed by atoms with Crippen molar-refractivity contribution in [2.24, 2.45) is 5.10 Å². The number of nitrogens with zero attached hydrogens (tertiary/aromatic N) is 3. The minimum absolute atomic E-state index is 0.230. The van der Waals surface area contributed by atoms with Crippen molar-refractivity contribution in [3.05, 3.63) is 111 Å². The van der Waals surface area contributed by atoms with Crippen LogP contribution in [0.15, 0.2) is 93.2 Å². The van der Waals surface area contributed by atoms with Gasteiger partial charge in [0.05, 0.1) is 24.2 Å². The topological polar surface area (TPSA) is 65.7 Å². The number of halogens is 1. The standard InChI is InChI=1S/C28H22BrN3O3/c1-18-31-25-12-11-22(29)15-24(25)28(33)32(18)30-16-19-10-13-26(27(14-19)34-2)35-17-21-8-5-7-20-6-3-4-9-23(20)21/h3-16H,17H2,1-2H3.